The number of carbonyl (C=O) groups excluding carboxylic acids is 1. The Balaban J connectivity index is 2.63. The zero-order valence-corrected chi connectivity index (χ0v) is 12.0. The van der Waals surface area contributed by atoms with Crippen LogP contribution in [-0.4, -0.2) is 65.8 Å². The number of rotatable bonds is 5. The molecule has 1 fully saturated rings. The number of carboxylic acid groups (broad SMARTS) is 1. The third-order valence-corrected chi connectivity index (χ3v) is 3.72. The van der Waals surface area contributed by atoms with Gasteiger partial charge in [0.25, 0.3) is 0 Å². The van der Waals surface area contributed by atoms with Crippen molar-refractivity contribution >= 4 is 12.0 Å². The molecule has 1 heterocycles. The van der Waals surface area contributed by atoms with Crippen LogP contribution in [0, 0.1) is 0 Å². The van der Waals surface area contributed by atoms with E-state index >= 15 is 0 Å². The average Bonchev–Trinajstić information content (AvgIpc) is 2.43. The lowest BCUT2D eigenvalue weighted by Crippen LogP contribution is -2.51. The minimum atomic E-state index is -0.972. The molecule has 0 bridgehead atoms. The fourth-order valence-corrected chi connectivity index (χ4v) is 2.24. The molecule has 110 valence electrons. The molecule has 0 radical (unpaired) electrons. The number of piperidine rings is 1. The summed E-state index contributed by atoms with van der Waals surface area (Å²) in [5, 5.41) is 8.92. The van der Waals surface area contributed by atoms with Crippen LogP contribution in [0.4, 0.5) is 4.79 Å². The quantitative estimate of drug-likeness (QED) is 0.821. The second-order valence-electron chi connectivity index (χ2n) is 4.98. The molecule has 19 heavy (non-hydrogen) atoms. The topological polar surface area (TPSA) is 70.1 Å². The Kier molecular flexibility index (Phi) is 6.08. The smallest absolute Gasteiger partial charge is 0.323 e. The maximum atomic E-state index is 12.4. The molecule has 0 aliphatic carbocycles. The van der Waals surface area contributed by atoms with E-state index < -0.39 is 5.97 Å². The Morgan fingerprint density at radius 2 is 2.00 bits per heavy atom. The summed E-state index contributed by atoms with van der Waals surface area (Å²) in [7, 11) is 1.68. The van der Waals surface area contributed by atoms with Crippen molar-refractivity contribution in [3.05, 3.63) is 0 Å². The molecule has 1 saturated heterocycles. The fourth-order valence-electron chi connectivity index (χ4n) is 2.24. The molecular formula is C13H24N2O4. The average molecular weight is 272 g/mol. The summed E-state index contributed by atoms with van der Waals surface area (Å²) in [5.74, 6) is -0.972. The number of amides is 2. The number of hydrogen-bond donors (Lipinski definition) is 1. The van der Waals surface area contributed by atoms with Crippen LogP contribution in [0.15, 0.2) is 0 Å². The van der Waals surface area contributed by atoms with Gasteiger partial charge in [0, 0.05) is 26.2 Å². The Bertz CT molecular complexity index is 314. The first-order valence-electron chi connectivity index (χ1n) is 6.79. The van der Waals surface area contributed by atoms with Gasteiger partial charge in [0.05, 0.1) is 6.10 Å². The van der Waals surface area contributed by atoms with Gasteiger partial charge in [0.2, 0.25) is 0 Å². The van der Waals surface area contributed by atoms with E-state index in [0.717, 1.165) is 19.3 Å². The highest BCUT2D eigenvalue weighted by Crippen LogP contribution is 2.16. The van der Waals surface area contributed by atoms with Crippen molar-refractivity contribution < 1.29 is 19.4 Å². The maximum absolute atomic E-state index is 12.4. The predicted molar refractivity (Wildman–Crippen MR) is 71.1 cm³/mol. The summed E-state index contributed by atoms with van der Waals surface area (Å²) in [5.41, 5.74) is 0. The lowest BCUT2D eigenvalue weighted by atomic mass is 10.1. The summed E-state index contributed by atoms with van der Waals surface area (Å²) in [4.78, 5) is 26.4. The van der Waals surface area contributed by atoms with Crippen LogP contribution < -0.4 is 0 Å². The summed E-state index contributed by atoms with van der Waals surface area (Å²) in [6, 6.07) is -0.241. The van der Waals surface area contributed by atoms with Gasteiger partial charge in [0.15, 0.2) is 0 Å². The zero-order valence-electron chi connectivity index (χ0n) is 12.0. The van der Waals surface area contributed by atoms with Gasteiger partial charge in [-0.15, -0.1) is 0 Å². The molecule has 1 aliphatic rings. The minimum absolute atomic E-state index is 0.0660. The van der Waals surface area contributed by atoms with Crippen LogP contribution in [-0.2, 0) is 9.53 Å². The van der Waals surface area contributed by atoms with Crippen molar-refractivity contribution in [1.29, 1.82) is 0 Å². The molecule has 0 aromatic rings. The summed E-state index contributed by atoms with van der Waals surface area (Å²) >= 11 is 0. The summed E-state index contributed by atoms with van der Waals surface area (Å²) in [6.07, 6.45) is 2.57. The number of aliphatic carboxylic acids is 1. The van der Waals surface area contributed by atoms with Crippen LogP contribution in [0.25, 0.3) is 0 Å². The first kappa shape index (κ1) is 15.8. The molecule has 1 unspecified atom stereocenters. The Labute approximate surface area is 114 Å². The van der Waals surface area contributed by atoms with Gasteiger partial charge in [-0.1, -0.05) is 6.92 Å². The Hall–Kier alpha value is -1.30. The van der Waals surface area contributed by atoms with Crippen molar-refractivity contribution in [1.82, 2.24) is 9.80 Å². The predicted octanol–water partition coefficient (Wildman–Crippen LogP) is 1.40. The molecule has 6 nitrogen and oxygen atoms in total. The fraction of sp³-hybridized carbons (Fsp3) is 0.846. The number of ether oxygens (including phenoxy) is 1. The molecule has 0 aromatic carbocycles. The van der Waals surface area contributed by atoms with E-state index in [-0.39, 0.29) is 24.7 Å². The summed E-state index contributed by atoms with van der Waals surface area (Å²) in [6.45, 7) is 4.85. The molecule has 1 aliphatic heterocycles. The number of methoxy groups -OCH3 is 1. The molecule has 2 amide bonds. The van der Waals surface area contributed by atoms with Gasteiger partial charge in [-0.25, -0.2) is 4.79 Å². The molecule has 1 N–H and O–H groups in total. The van der Waals surface area contributed by atoms with Gasteiger partial charge >= 0.3 is 12.0 Å². The molecular weight excluding hydrogens is 248 g/mol. The Morgan fingerprint density at radius 1 is 1.42 bits per heavy atom. The van der Waals surface area contributed by atoms with Crippen molar-refractivity contribution in [2.24, 2.45) is 0 Å². The number of hydrogen-bond acceptors (Lipinski definition) is 3. The second-order valence-corrected chi connectivity index (χ2v) is 4.98. The number of urea groups is 1. The number of carbonyl (C=O) groups is 2. The standard InChI is InChI=1S/C13H24N2O4/c1-4-10(2)15(9-12(16)17)13(18)14-7-5-11(19-3)6-8-14/h10-11H,4-9H2,1-3H3,(H,16,17). The highest BCUT2D eigenvalue weighted by atomic mass is 16.5. The van der Waals surface area contributed by atoms with Gasteiger partial charge < -0.3 is 19.6 Å². The van der Waals surface area contributed by atoms with Crippen LogP contribution in [0.3, 0.4) is 0 Å². The van der Waals surface area contributed by atoms with Crippen LogP contribution in [0.2, 0.25) is 0 Å². The lowest BCUT2D eigenvalue weighted by Gasteiger charge is -2.37. The molecule has 1 atom stereocenters. The third-order valence-electron chi connectivity index (χ3n) is 3.72. The van der Waals surface area contributed by atoms with Crippen molar-refractivity contribution in [2.45, 2.75) is 45.3 Å². The monoisotopic (exact) mass is 272 g/mol. The largest absolute Gasteiger partial charge is 0.480 e. The second kappa shape index (κ2) is 7.33. The van der Waals surface area contributed by atoms with Gasteiger partial charge in [-0.3, -0.25) is 4.79 Å². The third kappa shape index (κ3) is 4.38. The van der Waals surface area contributed by atoms with E-state index in [4.69, 9.17) is 9.84 Å². The molecule has 0 saturated carbocycles. The van der Waals surface area contributed by atoms with E-state index in [0.29, 0.717) is 13.1 Å². The first-order valence-corrected chi connectivity index (χ1v) is 6.79. The van der Waals surface area contributed by atoms with Gasteiger partial charge in [-0.2, -0.15) is 0 Å². The van der Waals surface area contributed by atoms with E-state index in [9.17, 15) is 9.59 Å². The molecule has 1 rings (SSSR count). The SMILES string of the molecule is CCC(C)N(CC(=O)O)C(=O)N1CCC(OC)CC1. The van der Waals surface area contributed by atoms with Crippen molar-refractivity contribution in [2.75, 3.05) is 26.7 Å². The van der Waals surface area contributed by atoms with Crippen LogP contribution in [0.5, 0.6) is 0 Å². The van der Waals surface area contributed by atoms with Crippen molar-refractivity contribution in [3.63, 3.8) is 0 Å². The zero-order chi connectivity index (χ0) is 14.4. The summed E-state index contributed by atoms with van der Waals surface area (Å²) < 4.78 is 5.27. The van der Waals surface area contributed by atoms with E-state index in [2.05, 4.69) is 0 Å². The van der Waals surface area contributed by atoms with Gasteiger partial charge in [0.1, 0.15) is 6.54 Å². The van der Waals surface area contributed by atoms with E-state index in [1.54, 1.807) is 12.0 Å². The highest BCUT2D eigenvalue weighted by molar-refractivity contribution is 5.80. The van der Waals surface area contributed by atoms with E-state index in [1.165, 1.54) is 4.90 Å². The molecule has 6 heteroatoms. The van der Waals surface area contributed by atoms with Crippen LogP contribution in [0.1, 0.15) is 33.1 Å². The lowest BCUT2D eigenvalue weighted by molar-refractivity contribution is -0.138. The van der Waals surface area contributed by atoms with Crippen molar-refractivity contribution in [3.8, 4) is 0 Å². The number of carboxylic acids is 1. The molecule has 0 aromatic heterocycles. The first-order chi connectivity index (χ1) is 8.99. The van der Waals surface area contributed by atoms with E-state index in [1.807, 2.05) is 13.8 Å². The minimum Gasteiger partial charge on any atom is -0.480 e. The highest BCUT2D eigenvalue weighted by Gasteiger charge is 2.29. The number of nitrogens with zero attached hydrogens (tertiary/aromatic N) is 2. The number of likely N-dealkylation sites (tertiary alicyclic amines) is 1. The molecule has 0 spiro atoms. The normalized spacial score (nSPS) is 18.2. The maximum Gasteiger partial charge on any atom is 0.323 e. The van der Waals surface area contributed by atoms with Crippen LogP contribution >= 0.6 is 0 Å². The van der Waals surface area contributed by atoms with Gasteiger partial charge in [-0.05, 0) is 26.2 Å². The Morgan fingerprint density at radius 3 is 2.42 bits per heavy atom.